The zero-order valence-corrected chi connectivity index (χ0v) is 12.7. The zero-order valence-electron chi connectivity index (χ0n) is 12.7. The van der Waals surface area contributed by atoms with Crippen LogP contribution in [0.1, 0.15) is 53.6 Å². The van der Waals surface area contributed by atoms with Gasteiger partial charge in [0.25, 0.3) is 5.91 Å². The number of hydrogen-bond donors (Lipinski definition) is 2. The molecule has 1 saturated carbocycles. The average molecular weight is 289 g/mol. The van der Waals surface area contributed by atoms with Crippen molar-refractivity contribution in [2.24, 2.45) is 5.92 Å². The largest absolute Gasteiger partial charge is 0.481 e. The van der Waals surface area contributed by atoms with Crippen LogP contribution in [-0.4, -0.2) is 23.0 Å². The van der Waals surface area contributed by atoms with Gasteiger partial charge in [0.2, 0.25) is 0 Å². The summed E-state index contributed by atoms with van der Waals surface area (Å²) >= 11 is 0. The Kier molecular flexibility index (Phi) is 4.99. The molecule has 0 radical (unpaired) electrons. The van der Waals surface area contributed by atoms with Gasteiger partial charge in [-0.05, 0) is 43.9 Å². The fraction of sp³-hybridized carbons (Fsp3) is 0.529. The van der Waals surface area contributed by atoms with Crippen molar-refractivity contribution in [3.8, 4) is 0 Å². The van der Waals surface area contributed by atoms with Gasteiger partial charge in [0.1, 0.15) is 0 Å². The van der Waals surface area contributed by atoms with E-state index in [1.807, 2.05) is 26.0 Å². The quantitative estimate of drug-likeness (QED) is 0.840. The van der Waals surface area contributed by atoms with Gasteiger partial charge in [0, 0.05) is 11.6 Å². The normalized spacial score (nSPS) is 22.4. The number of carbonyl (C=O) groups is 2. The van der Waals surface area contributed by atoms with E-state index in [-0.39, 0.29) is 11.9 Å². The predicted molar refractivity (Wildman–Crippen MR) is 81.4 cm³/mol. The highest BCUT2D eigenvalue weighted by Gasteiger charge is 2.31. The van der Waals surface area contributed by atoms with Gasteiger partial charge in [0.05, 0.1) is 5.92 Å². The van der Waals surface area contributed by atoms with Gasteiger partial charge >= 0.3 is 5.97 Å². The third-order valence-electron chi connectivity index (χ3n) is 4.50. The predicted octanol–water partition coefficient (Wildman–Crippen LogP) is 3.07. The number of hydrogen-bond acceptors (Lipinski definition) is 2. The molecule has 21 heavy (non-hydrogen) atoms. The number of aryl methyl sites for hydroxylation is 1. The standard InChI is InChI=1S/C17H23NO3/c1-11-7-6-9-13(12(11)2)16(19)18-15-10-5-3-4-8-14(15)17(20)21/h6-7,9,14-15H,3-5,8,10H2,1-2H3,(H,18,19)(H,20,21). The topological polar surface area (TPSA) is 66.4 Å². The fourth-order valence-electron chi connectivity index (χ4n) is 3.02. The van der Waals surface area contributed by atoms with Gasteiger partial charge in [-0.3, -0.25) is 9.59 Å². The molecule has 2 atom stereocenters. The van der Waals surface area contributed by atoms with Crippen molar-refractivity contribution in [3.05, 3.63) is 34.9 Å². The highest BCUT2D eigenvalue weighted by atomic mass is 16.4. The molecule has 2 rings (SSSR count). The zero-order chi connectivity index (χ0) is 15.4. The summed E-state index contributed by atoms with van der Waals surface area (Å²) in [6, 6.07) is 5.36. The second-order valence-corrected chi connectivity index (χ2v) is 5.91. The lowest BCUT2D eigenvalue weighted by molar-refractivity contribution is -0.142. The Balaban J connectivity index is 2.16. The van der Waals surface area contributed by atoms with Crippen molar-refractivity contribution < 1.29 is 14.7 Å². The molecule has 1 fully saturated rings. The van der Waals surface area contributed by atoms with Gasteiger partial charge in [-0.25, -0.2) is 0 Å². The number of rotatable bonds is 3. The molecule has 1 amide bonds. The first-order valence-electron chi connectivity index (χ1n) is 7.60. The minimum atomic E-state index is -0.803. The first-order chi connectivity index (χ1) is 10.0. The Labute approximate surface area is 125 Å². The van der Waals surface area contributed by atoms with E-state index in [1.165, 1.54) is 0 Å². The van der Waals surface area contributed by atoms with E-state index in [4.69, 9.17) is 0 Å². The molecule has 2 N–H and O–H groups in total. The summed E-state index contributed by atoms with van der Waals surface area (Å²) in [6.07, 6.45) is 4.33. The van der Waals surface area contributed by atoms with Crippen LogP contribution in [0.3, 0.4) is 0 Å². The monoisotopic (exact) mass is 289 g/mol. The summed E-state index contributed by atoms with van der Waals surface area (Å²) in [4.78, 5) is 23.9. The summed E-state index contributed by atoms with van der Waals surface area (Å²) in [7, 11) is 0. The Morgan fingerprint density at radius 3 is 2.57 bits per heavy atom. The molecule has 1 aromatic carbocycles. The molecule has 0 saturated heterocycles. The van der Waals surface area contributed by atoms with E-state index in [9.17, 15) is 14.7 Å². The van der Waals surface area contributed by atoms with Crippen LogP contribution in [0.25, 0.3) is 0 Å². The van der Waals surface area contributed by atoms with E-state index < -0.39 is 11.9 Å². The number of nitrogens with one attached hydrogen (secondary N) is 1. The maximum Gasteiger partial charge on any atom is 0.308 e. The molecule has 0 heterocycles. The minimum absolute atomic E-state index is 0.158. The van der Waals surface area contributed by atoms with Crippen molar-refractivity contribution in [3.63, 3.8) is 0 Å². The maximum absolute atomic E-state index is 12.5. The lowest BCUT2D eigenvalue weighted by Gasteiger charge is -2.23. The molecule has 0 spiro atoms. The third-order valence-corrected chi connectivity index (χ3v) is 4.50. The van der Waals surface area contributed by atoms with Crippen molar-refractivity contribution in [1.29, 1.82) is 0 Å². The van der Waals surface area contributed by atoms with E-state index in [2.05, 4.69) is 5.32 Å². The van der Waals surface area contributed by atoms with E-state index >= 15 is 0 Å². The molecule has 114 valence electrons. The Hall–Kier alpha value is -1.84. The highest BCUT2D eigenvalue weighted by Crippen LogP contribution is 2.24. The molecule has 4 heteroatoms. The van der Waals surface area contributed by atoms with Gasteiger partial charge in [-0.2, -0.15) is 0 Å². The molecule has 0 aromatic heterocycles. The number of amides is 1. The molecular weight excluding hydrogens is 266 g/mol. The molecule has 4 nitrogen and oxygen atoms in total. The number of carboxylic acids is 1. The molecule has 1 aliphatic carbocycles. The van der Waals surface area contributed by atoms with E-state index in [0.717, 1.165) is 36.8 Å². The van der Waals surface area contributed by atoms with Gasteiger partial charge in [-0.15, -0.1) is 0 Å². The number of carbonyl (C=O) groups excluding carboxylic acids is 1. The van der Waals surface area contributed by atoms with Gasteiger partial charge in [0.15, 0.2) is 0 Å². The fourth-order valence-corrected chi connectivity index (χ4v) is 3.02. The molecule has 2 unspecified atom stereocenters. The van der Waals surface area contributed by atoms with Crippen LogP contribution in [0.15, 0.2) is 18.2 Å². The van der Waals surface area contributed by atoms with Gasteiger partial charge < -0.3 is 10.4 Å². The minimum Gasteiger partial charge on any atom is -0.481 e. The molecule has 1 aromatic rings. The summed E-state index contributed by atoms with van der Waals surface area (Å²) in [5, 5.41) is 12.3. The van der Waals surface area contributed by atoms with E-state index in [0.29, 0.717) is 12.0 Å². The van der Waals surface area contributed by atoms with Crippen molar-refractivity contribution in [1.82, 2.24) is 5.32 Å². The SMILES string of the molecule is Cc1cccc(C(=O)NC2CCCCCC2C(=O)O)c1C. The van der Waals surface area contributed by atoms with Crippen LogP contribution in [0, 0.1) is 19.8 Å². The third kappa shape index (κ3) is 3.63. The lowest BCUT2D eigenvalue weighted by Crippen LogP contribution is -2.43. The van der Waals surface area contributed by atoms with Crippen LogP contribution in [0.5, 0.6) is 0 Å². The van der Waals surface area contributed by atoms with Crippen LogP contribution in [0.2, 0.25) is 0 Å². The van der Waals surface area contributed by atoms with Crippen LogP contribution in [0.4, 0.5) is 0 Å². The number of carboxylic acid groups (broad SMARTS) is 1. The summed E-state index contributed by atoms with van der Waals surface area (Å²) in [6.45, 7) is 3.89. The second-order valence-electron chi connectivity index (χ2n) is 5.91. The van der Waals surface area contributed by atoms with Crippen molar-refractivity contribution in [2.45, 2.75) is 52.0 Å². The summed E-state index contributed by atoms with van der Waals surface area (Å²) in [5.74, 6) is -1.43. The Morgan fingerprint density at radius 1 is 1.14 bits per heavy atom. The molecule has 0 aliphatic heterocycles. The van der Waals surface area contributed by atoms with Crippen molar-refractivity contribution in [2.75, 3.05) is 0 Å². The van der Waals surface area contributed by atoms with Crippen molar-refractivity contribution >= 4 is 11.9 Å². The Morgan fingerprint density at radius 2 is 1.86 bits per heavy atom. The second kappa shape index (κ2) is 6.74. The highest BCUT2D eigenvalue weighted by molar-refractivity contribution is 5.96. The van der Waals surface area contributed by atoms with Gasteiger partial charge in [-0.1, -0.05) is 31.4 Å². The smallest absolute Gasteiger partial charge is 0.308 e. The summed E-state index contributed by atoms with van der Waals surface area (Å²) < 4.78 is 0. The first-order valence-corrected chi connectivity index (χ1v) is 7.60. The van der Waals surface area contributed by atoms with Crippen LogP contribution in [-0.2, 0) is 4.79 Å². The van der Waals surface area contributed by atoms with Crippen LogP contribution < -0.4 is 5.32 Å². The molecular formula is C17H23NO3. The Bertz CT molecular complexity index is 539. The van der Waals surface area contributed by atoms with Crippen LogP contribution >= 0.6 is 0 Å². The molecule has 0 bridgehead atoms. The number of aliphatic carboxylic acids is 1. The van der Waals surface area contributed by atoms with E-state index in [1.54, 1.807) is 6.07 Å². The summed E-state index contributed by atoms with van der Waals surface area (Å²) in [5.41, 5.74) is 2.66. The first kappa shape index (κ1) is 15.5. The number of benzene rings is 1. The molecule has 1 aliphatic rings. The lowest BCUT2D eigenvalue weighted by atomic mass is 9.94. The maximum atomic E-state index is 12.5. The average Bonchev–Trinajstić information content (AvgIpc) is 2.67.